The minimum Gasteiger partial charge on any atom is -0.353 e. The number of nitrogens with zero attached hydrogens (tertiary/aromatic N) is 6. The van der Waals surface area contributed by atoms with E-state index in [1.807, 2.05) is 23.0 Å². The maximum atomic E-state index is 4.61. The lowest BCUT2D eigenvalue weighted by Gasteiger charge is -2.35. The standard InChI is InChI=1S/C25H26N6/c1-3-8-21(9-4-1)12-7-13-29-14-16-30(17-15-29)24-23-18-28-31(25(23)27-20-26-24)19-22-10-5-2-6-11-22/h1-12,18,20H,13-17,19H2. The van der Waals surface area contributed by atoms with Crippen LogP contribution in [-0.4, -0.2) is 57.4 Å². The Bertz CT molecular complexity index is 1140. The number of hydrogen-bond donors (Lipinski definition) is 0. The van der Waals surface area contributed by atoms with E-state index in [0.29, 0.717) is 6.54 Å². The average molecular weight is 411 g/mol. The summed E-state index contributed by atoms with van der Waals surface area (Å²) in [5.74, 6) is 0.990. The smallest absolute Gasteiger partial charge is 0.163 e. The van der Waals surface area contributed by atoms with Gasteiger partial charge in [0, 0.05) is 32.7 Å². The van der Waals surface area contributed by atoms with Crippen LogP contribution in [0.3, 0.4) is 0 Å². The number of aromatic nitrogens is 4. The van der Waals surface area contributed by atoms with E-state index in [9.17, 15) is 0 Å². The van der Waals surface area contributed by atoms with Crippen molar-refractivity contribution in [2.45, 2.75) is 6.54 Å². The third-order valence-corrected chi connectivity index (χ3v) is 5.73. The van der Waals surface area contributed by atoms with E-state index in [0.717, 1.165) is 49.6 Å². The van der Waals surface area contributed by atoms with E-state index in [2.05, 4.69) is 85.5 Å². The normalized spacial score (nSPS) is 15.2. The van der Waals surface area contributed by atoms with Gasteiger partial charge in [-0.2, -0.15) is 5.10 Å². The number of fused-ring (bicyclic) bond motifs is 1. The van der Waals surface area contributed by atoms with E-state index in [4.69, 9.17) is 0 Å². The minimum atomic E-state index is 0.711. The van der Waals surface area contributed by atoms with Gasteiger partial charge in [0.05, 0.1) is 18.1 Å². The first-order valence-electron chi connectivity index (χ1n) is 10.8. The average Bonchev–Trinajstić information content (AvgIpc) is 3.24. The topological polar surface area (TPSA) is 50.1 Å². The largest absolute Gasteiger partial charge is 0.353 e. The van der Waals surface area contributed by atoms with Crippen LogP contribution in [0.5, 0.6) is 0 Å². The Morgan fingerprint density at radius 3 is 2.35 bits per heavy atom. The molecular formula is C25H26N6. The molecular weight excluding hydrogens is 384 g/mol. The molecule has 3 heterocycles. The van der Waals surface area contributed by atoms with Gasteiger partial charge in [-0.3, -0.25) is 4.90 Å². The molecule has 0 spiro atoms. The lowest BCUT2D eigenvalue weighted by molar-refractivity contribution is 0.284. The molecule has 1 saturated heterocycles. The molecule has 2 aromatic heterocycles. The van der Waals surface area contributed by atoms with Gasteiger partial charge in [0.15, 0.2) is 5.65 Å². The van der Waals surface area contributed by atoms with E-state index < -0.39 is 0 Å². The van der Waals surface area contributed by atoms with Crippen molar-refractivity contribution in [3.8, 4) is 0 Å². The molecule has 0 atom stereocenters. The van der Waals surface area contributed by atoms with E-state index in [1.165, 1.54) is 11.1 Å². The highest BCUT2D eigenvalue weighted by Gasteiger charge is 2.20. The molecule has 0 amide bonds. The van der Waals surface area contributed by atoms with Crippen molar-refractivity contribution in [2.75, 3.05) is 37.6 Å². The van der Waals surface area contributed by atoms with Crippen LogP contribution >= 0.6 is 0 Å². The maximum absolute atomic E-state index is 4.61. The van der Waals surface area contributed by atoms with Crippen molar-refractivity contribution in [3.63, 3.8) is 0 Å². The first-order valence-corrected chi connectivity index (χ1v) is 10.8. The van der Waals surface area contributed by atoms with Crippen LogP contribution in [-0.2, 0) is 6.54 Å². The van der Waals surface area contributed by atoms with Crippen LogP contribution in [0.2, 0.25) is 0 Å². The van der Waals surface area contributed by atoms with E-state index >= 15 is 0 Å². The van der Waals surface area contributed by atoms with Crippen LogP contribution < -0.4 is 4.90 Å². The first kappa shape index (κ1) is 19.5. The highest BCUT2D eigenvalue weighted by Crippen LogP contribution is 2.24. The molecule has 5 rings (SSSR count). The Labute approximate surface area is 182 Å². The van der Waals surface area contributed by atoms with Gasteiger partial charge in [-0.15, -0.1) is 0 Å². The summed E-state index contributed by atoms with van der Waals surface area (Å²) in [6.45, 7) is 5.62. The summed E-state index contributed by atoms with van der Waals surface area (Å²) in [5, 5.41) is 5.62. The lowest BCUT2D eigenvalue weighted by atomic mass is 10.2. The second-order valence-corrected chi connectivity index (χ2v) is 7.82. The molecule has 4 aromatic rings. The van der Waals surface area contributed by atoms with E-state index in [1.54, 1.807) is 6.33 Å². The van der Waals surface area contributed by atoms with E-state index in [-0.39, 0.29) is 0 Å². The number of benzene rings is 2. The predicted molar refractivity (Wildman–Crippen MR) is 125 cm³/mol. The molecule has 2 aromatic carbocycles. The molecule has 31 heavy (non-hydrogen) atoms. The zero-order chi connectivity index (χ0) is 20.9. The molecule has 156 valence electrons. The van der Waals surface area contributed by atoms with Gasteiger partial charge in [-0.25, -0.2) is 14.6 Å². The van der Waals surface area contributed by atoms with Gasteiger partial charge in [0.2, 0.25) is 0 Å². The maximum Gasteiger partial charge on any atom is 0.163 e. The Morgan fingerprint density at radius 1 is 0.839 bits per heavy atom. The SMILES string of the molecule is C(=Cc1ccccc1)CN1CCN(c2ncnc3c2cnn3Cc2ccccc2)CC1. The molecule has 0 N–H and O–H groups in total. The fourth-order valence-corrected chi connectivity index (χ4v) is 4.05. The molecule has 1 aliphatic heterocycles. The molecule has 6 nitrogen and oxygen atoms in total. The lowest BCUT2D eigenvalue weighted by Crippen LogP contribution is -2.46. The summed E-state index contributed by atoms with van der Waals surface area (Å²) in [5.41, 5.74) is 3.35. The van der Waals surface area contributed by atoms with Crippen LogP contribution in [0, 0.1) is 0 Å². The highest BCUT2D eigenvalue weighted by atomic mass is 15.3. The molecule has 0 saturated carbocycles. The van der Waals surface area contributed by atoms with Crippen molar-refractivity contribution in [1.29, 1.82) is 0 Å². The monoisotopic (exact) mass is 410 g/mol. The number of piperazine rings is 1. The molecule has 0 aliphatic carbocycles. The number of rotatable bonds is 6. The Kier molecular flexibility index (Phi) is 5.71. The molecule has 1 aliphatic rings. The third-order valence-electron chi connectivity index (χ3n) is 5.73. The summed E-state index contributed by atoms with van der Waals surface area (Å²) >= 11 is 0. The minimum absolute atomic E-state index is 0.711. The summed E-state index contributed by atoms with van der Waals surface area (Å²) < 4.78 is 1.96. The van der Waals surface area contributed by atoms with Crippen LogP contribution in [0.4, 0.5) is 5.82 Å². The fourth-order valence-electron chi connectivity index (χ4n) is 4.05. The van der Waals surface area contributed by atoms with Gasteiger partial charge >= 0.3 is 0 Å². The summed E-state index contributed by atoms with van der Waals surface area (Å²) in [4.78, 5) is 14.0. The first-order chi connectivity index (χ1) is 15.4. The van der Waals surface area contributed by atoms with Crippen molar-refractivity contribution < 1.29 is 0 Å². The van der Waals surface area contributed by atoms with Crippen molar-refractivity contribution >= 4 is 22.9 Å². The van der Waals surface area contributed by atoms with Crippen LogP contribution in [0.25, 0.3) is 17.1 Å². The summed E-state index contributed by atoms with van der Waals surface area (Å²) in [6, 6.07) is 20.8. The Morgan fingerprint density at radius 2 is 1.58 bits per heavy atom. The molecule has 0 unspecified atom stereocenters. The fraction of sp³-hybridized carbons (Fsp3) is 0.240. The van der Waals surface area contributed by atoms with Crippen molar-refractivity contribution in [2.24, 2.45) is 0 Å². The number of hydrogen-bond acceptors (Lipinski definition) is 5. The molecule has 6 heteroatoms. The second-order valence-electron chi connectivity index (χ2n) is 7.82. The van der Waals surface area contributed by atoms with Crippen LogP contribution in [0.15, 0.2) is 79.3 Å². The van der Waals surface area contributed by atoms with Crippen molar-refractivity contribution in [3.05, 3.63) is 90.4 Å². The number of anilines is 1. The Hall–Kier alpha value is -3.51. The van der Waals surface area contributed by atoms with Gasteiger partial charge in [0.25, 0.3) is 0 Å². The van der Waals surface area contributed by atoms with Gasteiger partial charge in [0.1, 0.15) is 12.1 Å². The Balaban J connectivity index is 1.24. The molecule has 0 bridgehead atoms. The third kappa shape index (κ3) is 4.49. The van der Waals surface area contributed by atoms with Gasteiger partial charge in [-0.1, -0.05) is 72.8 Å². The predicted octanol–water partition coefficient (Wildman–Crippen LogP) is 3.71. The zero-order valence-electron chi connectivity index (χ0n) is 17.5. The van der Waals surface area contributed by atoms with Crippen molar-refractivity contribution in [1.82, 2.24) is 24.6 Å². The van der Waals surface area contributed by atoms with Gasteiger partial charge < -0.3 is 4.90 Å². The quantitative estimate of drug-likeness (QED) is 0.485. The summed E-state index contributed by atoms with van der Waals surface area (Å²) in [6.07, 6.45) is 8.02. The van der Waals surface area contributed by atoms with Crippen LogP contribution in [0.1, 0.15) is 11.1 Å². The second kappa shape index (κ2) is 9.10. The zero-order valence-corrected chi connectivity index (χ0v) is 17.5. The summed E-state index contributed by atoms with van der Waals surface area (Å²) in [7, 11) is 0. The molecule has 0 radical (unpaired) electrons. The molecule has 1 fully saturated rings. The highest BCUT2D eigenvalue weighted by molar-refractivity contribution is 5.86. The van der Waals surface area contributed by atoms with Gasteiger partial charge in [-0.05, 0) is 11.1 Å².